The highest BCUT2D eigenvalue weighted by molar-refractivity contribution is 8.06. The quantitative estimate of drug-likeness (QED) is 0.626. The van der Waals surface area contributed by atoms with Gasteiger partial charge in [-0.1, -0.05) is 24.3 Å². The van der Waals surface area contributed by atoms with E-state index in [9.17, 15) is 8.42 Å². The van der Waals surface area contributed by atoms with E-state index in [2.05, 4.69) is 4.99 Å². The minimum absolute atomic E-state index is 0.175. The molecule has 1 aliphatic heterocycles. The first-order valence-corrected chi connectivity index (χ1v) is 6.48. The van der Waals surface area contributed by atoms with Gasteiger partial charge in [-0.15, -0.1) is 0 Å². The zero-order chi connectivity index (χ0) is 10.9. The Morgan fingerprint density at radius 2 is 2.00 bits per heavy atom. The average molecular weight is 221 g/mol. The molecule has 2 aliphatic rings. The van der Waals surface area contributed by atoms with Crippen LogP contribution in [0.4, 0.5) is 0 Å². The molecular formula is C11H11NO2S. The van der Waals surface area contributed by atoms with E-state index in [1.807, 2.05) is 24.3 Å². The van der Waals surface area contributed by atoms with Crippen LogP contribution in [-0.4, -0.2) is 19.7 Å². The highest BCUT2D eigenvalue weighted by Crippen LogP contribution is 2.22. The van der Waals surface area contributed by atoms with Gasteiger partial charge in [0.25, 0.3) is 0 Å². The highest BCUT2D eigenvalue weighted by atomic mass is 32.2. The maximum atomic E-state index is 11.5. The Balaban J connectivity index is 2.57. The van der Waals surface area contributed by atoms with Crippen LogP contribution in [0.1, 0.15) is 6.42 Å². The van der Waals surface area contributed by atoms with Crippen molar-refractivity contribution >= 4 is 14.9 Å². The van der Waals surface area contributed by atoms with Gasteiger partial charge in [0.15, 0.2) is 14.9 Å². The fraction of sp³-hybridized carbons (Fsp3) is 0.182. The first-order valence-electron chi connectivity index (χ1n) is 4.58. The lowest BCUT2D eigenvalue weighted by Crippen LogP contribution is -2.15. The molecule has 1 aliphatic carbocycles. The van der Waals surface area contributed by atoms with E-state index in [4.69, 9.17) is 0 Å². The number of sulfone groups is 1. The first-order chi connectivity index (χ1) is 7.07. The molecule has 0 saturated heterocycles. The van der Waals surface area contributed by atoms with E-state index in [1.54, 1.807) is 12.3 Å². The Labute approximate surface area is 89.1 Å². The lowest BCUT2D eigenvalue weighted by atomic mass is 10.1. The molecule has 0 amide bonds. The summed E-state index contributed by atoms with van der Waals surface area (Å²) in [5.74, 6) is 0. The minimum Gasteiger partial charge on any atom is -0.244 e. The second-order valence-corrected chi connectivity index (χ2v) is 5.45. The molecule has 0 N–H and O–H groups in total. The van der Waals surface area contributed by atoms with E-state index in [0.29, 0.717) is 6.42 Å². The monoisotopic (exact) mass is 221 g/mol. The van der Waals surface area contributed by atoms with Gasteiger partial charge in [0.2, 0.25) is 0 Å². The molecule has 2 rings (SSSR count). The lowest BCUT2D eigenvalue weighted by Gasteiger charge is -2.05. The van der Waals surface area contributed by atoms with Crippen molar-refractivity contribution < 1.29 is 8.42 Å². The van der Waals surface area contributed by atoms with Crippen molar-refractivity contribution in [3.05, 3.63) is 47.7 Å². The van der Waals surface area contributed by atoms with Crippen molar-refractivity contribution in [3.63, 3.8) is 0 Å². The summed E-state index contributed by atoms with van der Waals surface area (Å²) in [7, 11) is -3.25. The van der Waals surface area contributed by atoms with Crippen molar-refractivity contribution in [1.29, 1.82) is 0 Å². The smallest absolute Gasteiger partial charge is 0.193 e. The maximum absolute atomic E-state index is 11.5. The van der Waals surface area contributed by atoms with Crippen molar-refractivity contribution in [3.8, 4) is 0 Å². The third kappa shape index (κ3) is 2.15. The lowest BCUT2D eigenvalue weighted by molar-refractivity contribution is 0.612. The number of allylic oxidation sites excluding steroid dienone is 6. The van der Waals surface area contributed by atoms with E-state index >= 15 is 0 Å². The molecular weight excluding hydrogens is 210 g/mol. The predicted octanol–water partition coefficient (Wildman–Crippen LogP) is 1.77. The fourth-order valence-corrected chi connectivity index (χ4v) is 2.44. The van der Waals surface area contributed by atoms with Gasteiger partial charge in [-0.3, -0.25) is 0 Å². The standard InChI is InChI=1S/C11H11NO2S/c1-15(13,14)11-10-5-3-2-4-9(8-10)6-7-12-11/h2-7H,8H2,1H3. The molecule has 1 heterocycles. The normalized spacial score (nSPS) is 19.9. The molecule has 3 nitrogen and oxygen atoms in total. The predicted molar refractivity (Wildman–Crippen MR) is 61.3 cm³/mol. The summed E-state index contributed by atoms with van der Waals surface area (Å²) in [5, 5.41) is 0.175. The molecule has 0 aromatic carbocycles. The summed E-state index contributed by atoms with van der Waals surface area (Å²) in [6, 6.07) is 0. The summed E-state index contributed by atoms with van der Waals surface area (Å²) >= 11 is 0. The third-order valence-electron chi connectivity index (χ3n) is 2.22. The number of aliphatic imine (C=N–C) groups is 1. The Morgan fingerprint density at radius 1 is 1.27 bits per heavy atom. The Kier molecular flexibility index (Phi) is 2.44. The Morgan fingerprint density at radius 3 is 2.73 bits per heavy atom. The topological polar surface area (TPSA) is 46.5 Å². The van der Waals surface area contributed by atoms with Gasteiger partial charge in [-0.2, -0.15) is 0 Å². The number of fused-ring (bicyclic) bond motifs is 2. The van der Waals surface area contributed by atoms with Crippen LogP contribution in [0.2, 0.25) is 0 Å². The van der Waals surface area contributed by atoms with Crippen LogP contribution in [0, 0.1) is 0 Å². The first kappa shape index (κ1) is 10.1. The van der Waals surface area contributed by atoms with Crippen LogP contribution < -0.4 is 0 Å². The Hall–Kier alpha value is -1.42. The van der Waals surface area contributed by atoms with Crippen LogP contribution in [-0.2, 0) is 9.84 Å². The van der Waals surface area contributed by atoms with Gasteiger partial charge < -0.3 is 0 Å². The summed E-state index contributed by atoms with van der Waals surface area (Å²) < 4.78 is 23.0. The zero-order valence-corrected chi connectivity index (χ0v) is 9.16. The summed E-state index contributed by atoms with van der Waals surface area (Å²) in [6.07, 6.45) is 12.7. The molecule has 0 aromatic heterocycles. The van der Waals surface area contributed by atoms with Gasteiger partial charge >= 0.3 is 0 Å². The van der Waals surface area contributed by atoms with Crippen LogP contribution in [0.15, 0.2) is 52.7 Å². The molecule has 0 aromatic rings. The van der Waals surface area contributed by atoms with E-state index < -0.39 is 9.84 Å². The third-order valence-corrected chi connectivity index (χ3v) is 3.29. The average Bonchev–Trinajstić information content (AvgIpc) is 2.47. The second kappa shape index (κ2) is 3.62. The molecule has 0 fully saturated rings. The van der Waals surface area contributed by atoms with Crippen molar-refractivity contribution in [1.82, 2.24) is 0 Å². The van der Waals surface area contributed by atoms with Gasteiger partial charge in [-0.05, 0) is 17.2 Å². The summed E-state index contributed by atoms with van der Waals surface area (Å²) in [4.78, 5) is 3.98. The molecule has 78 valence electrons. The van der Waals surface area contributed by atoms with E-state index in [0.717, 1.165) is 11.1 Å². The molecule has 15 heavy (non-hydrogen) atoms. The SMILES string of the molecule is CS(=O)(=O)C1=NC=CC2=CC=CC=C1C2. The van der Waals surface area contributed by atoms with Crippen molar-refractivity contribution in [2.24, 2.45) is 4.99 Å². The van der Waals surface area contributed by atoms with Gasteiger partial charge in [0, 0.05) is 18.9 Å². The molecule has 0 saturated carbocycles. The largest absolute Gasteiger partial charge is 0.244 e. The molecule has 2 bridgehead atoms. The Bertz CT molecular complexity index is 531. The molecule has 0 unspecified atom stereocenters. The van der Waals surface area contributed by atoms with E-state index in [-0.39, 0.29) is 5.04 Å². The molecule has 0 atom stereocenters. The van der Waals surface area contributed by atoms with Gasteiger partial charge in [0.05, 0.1) is 0 Å². The summed E-state index contributed by atoms with van der Waals surface area (Å²) in [5.41, 5.74) is 1.82. The number of hydrogen-bond donors (Lipinski definition) is 0. The second-order valence-electron chi connectivity index (χ2n) is 3.52. The zero-order valence-electron chi connectivity index (χ0n) is 8.34. The van der Waals surface area contributed by atoms with Gasteiger partial charge in [-0.25, -0.2) is 13.4 Å². The van der Waals surface area contributed by atoms with Crippen molar-refractivity contribution in [2.75, 3.05) is 6.26 Å². The molecule has 4 heteroatoms. The van der Waals surface area contributed by atoms with Crippen molar-refractivity contribution in [2.45, 2.75) is 6.42 Å². The summed E-state index contributed by atoms with van der Waals surface area (Å²) in [6.45, 7) is 0. The minimum atomic E-state index is -3.25. The number of nitrogens with zero attached hydrogens (tertiary/aromatic N) is 1. The molecule has 0 spiro atoms. The number of rotatable bonds is 0. The van der Waals surface area contributed by atoms with Crippen LogP contribution in [0.25, 0.3) is 0 Å². The maximum Gasteiger partial charge on any atom is 0.193 e. The van der Waals surface area contributed by atoms with Crippen LogP contribution >= 0.6 is 0 Å². The number of hydrogen-bond acceptors (Lipinski definition) is 3. The van der Waals surface area contributed by atoms with E-state index in [1.165, 1.54) is 6.26 Å². The fourth-order valence-electron chi connectivity index (χ4n) is 1.57. The van der Waals surface area contributed by atoms with Crippen LogP contribution in [0.3, 0.4) is 0 Å². The van der Waals surface area contributed by atoms with Gasteiger partial charge in [0.1, 0.15) is 0 Å². The van der Waals surface area contributed by atoms with Crippen LogP contribution in [0.5, 0.6) is 0 Å². The highest BCUT2D eigenvalue weighted by Gasteiger charge is 2.20. The molecule has 0 radical (unpaired) electrons.